The van der Waals surface area contributed by atoms with Crippen LogP contribution in [-0.2, 0) is 0 Å². The molecule has 0 spiro atoms. The first-order valence-corrected chi connectivity index (χ1v) is 12.7. The zero-order valence-electron chi connectivity index (χ0n) is 21.8. The first-order valence-electron chi connectivity index (χ1n) is 12.7. The zero-order valence-corrected chi connectivity index (χ0v) is 21.8. The molecule has 1 aliphatic rings. The van der Waals surface area contributed by atoms with Gasteiger partial charge in [0.2, 0.25) is 0 Å². The number of carbonyl (C=O) groups is 1. The van der Waals surface area contributed by atoms with Crippen LogP contribution in [0.15, 0.2) is 36.4 Å². The molecule has 0 aromatic heterocycles. The molecule has 1 saturated heterocycles. The molecule has 1 aliphatic heterocycles. The van der Waals surface area contributed by atoms with Gasteiger partial charge in [-0.1, -0.05) is 26.7 Å². The minimum absolute atomic E-state index is 0. The fraction of sp³-hybridized carbons (Fsp3) is 0.536. The van der Waals surface area contributed by atoms with Gasteiger partial charge in [-0.2, -0.15) is 0 Å². The molecule has 3 rings (SSSR count). The van der Waals surface area contributed by atoms with E-state index in [1.165, 1.54) is 11.0 Å². The van der Waals surface area contributed by atoms with Gasteiger partial charge in [0.1, 0.15) is 17.3 Å². The van der Waals surface area contributed by atoms with Crippen molar-refractivity contribution < 1.29 is 20.1 Å². The number of likely N-dealkylation sites (N-methyl/N-ethyl adjacent to an activating group) is 1. The smallest absolute Gasteiger partial charge is 0.261 e. The Labute approximate surface area is 211 Å². The number of rotatable bonds is 12. The van der Waals surface area contributed by atoms with E-state index in [-0.39, 0.29) is 13.2 Å². The monoisotopic (exact) mass is 487 g/mol. The summed E-state index contributed by atoms with van der Waals surface area (Å²) in [4.78, 5) is 19.1. The van der Waals surface area contributed by atoms with E-state index >= 15 is 4.39 Å². The van der Waals surface area contributed by atoms with Crippen LogP contribution in [0, 0.1) is 5.82 Å². The molecule has 0 aliphatic carbocycles. The number of nitrogens with zero attached hydrogens (tertiary/aromatic N) is 3. The number of carbonyl (C=O) groups excluding carboxylic acids is 1. The number of unbranched alkanes of at least 4 members (excludes halogenated alkanes) is 2. The Bertz CT molecular complexity index is 989. The van der Waals surface area contributed by atoms with Crippen molar-refractivity contribution >= 4 is 17.3 Å². The Morgan fingerprint density at radius 2 is 1.77 bits per heavy atom. The van der Waals surface area contributed by atoms with Crippen molar-refractivity contribution in [2.24, 2.45) is 0 Å². The molecule has 1 unspecified atom stereocenters. The summed E-state index contributed by atoms with van der Waals surface area (Å²) in [7, 11) is 5.77. The van der Waals surface area contributed by atoms with Gasteiger partial charge in [-0.3, -0.25) is 4.79 Å². The molecule has 1 fully saturated rings. The van der Waals surface area contributed by atoms with Gasteiger partial charge < -0.3 is 24.2 Å². The molecule has 35 heavy (non-hydrogen) atoms. The van der Waals surface area contributed by atoms with Crippen molar-refractivity contribution in [3.05, 3.63) is 47.8 Å². The lowest BCUT2D eigenvalue weighted by Crippen LogP contribution is -2.31. The number of hydrogen-bond donors (Lipinski definition) is 0. The van der Waals surface area contributed by atoms with Crippen molar-refractivity contribution in [1.29, 1.82) is 0 Å². The van der Waals surface area contributed by atoms with Crippen LogP contribution >= 0.6 is 0 Å². The van der Waals surface area contributed by atoms with Crippen LogP contribution in [-0.4, -0.2) is 64.3 Å². The Morgan fingerprint density at radius 1 is 1.06 bits per heavy atom. The molecule has 0 saturated carbocycles. The van der Waals surface area contributed by atoms with E-state index in [1.807, 2.05) is 0 Å². The highest BCUT2D eigenvalue weighted by Crippen LogP contribution is 2.31. The Kier molecular flexibility index (Phi) is 9.78. The fourth-order valence-corrected chi connectivity index (χ4v) is 4.19. The molecule has 0 bridgehead atoms. The quantitative estimate of drug-likeness (QED) is 0.352. The number of ether oxygens (including phenoxy) is 2. The molecule has 6 nitrogen and oxygen atoms in total. The third-order valence-corrected chi connectivity index (χ3v) is 6.56. The first kappa shape index (κ1) is 26.8. The standard InChI is InChI=1S/C28H40FN3O3.H2/c1-6-8-16-34-23-11-12-24(27(19-23)35-17-9-7-2)28(33)31(5)21-10-13-26(25(29)18-21)32-15-14-22(20-32)30(3)4;/h10-13,18-19,22H,6-9,14-17,20H2,1-5H3;1H. The second-order valence-electron chi connectivity index (χ2n) is 9.41. The van der Waals surface area contributed by atoms with Gasteiger partial charge in [0.05, 0.1) is 24.5 Å². The molecular formula is C28H42FN3O3. The second kappa shape index (κ2) is 12.8. The van der Waals surface area contributed by atoms with Crippen molar-refractivity contribution in [3.63, 3.8) is 0 Å². The van der Waals surface area contributed by atoms with Crippen LogP contribution in [0.1, 0.15) is 57.7 Å². The van der Waals surface area contributed by atoms with E-state index in [1.54, 1.807) is 37.4 Å². The van der Waals surface area contributed by atoms with E-state index in [9.17, 15) is 4.79 Å². The minimum atomic E-state index is -0.319. The molecule has 194 valence electrons. The highest BCUT2D eigenvalue weighted by atomic mass is 19.1. The van der Waals surface area contributed by atoms with Crippen LogP contribution in [0.3, 0.4) is 0 Å². The molecule has 0 N–H and O–H groups in total. The van der Waals surface area contributed by atoms with Gasteiger partial charge in [-0.05, 0) is 63.7 Å². The average Bonchev–Trinajstić information content (AvgIpc) is 3.34. The first-order chi connectivity index (χ1) is 16.8. The van der Waals surface area contributed by atoms with E-state index < -0.39 is 0 Å². The maximum Gasteiger partial charge on any atom is 0.261 e. The summed E-state index contributed by atoms with van der Waals surface area (Å²) in [6, 6.07) is 10.7. The van der Waals surface area contributed by atoms with E-state index in [4.69, 9.17) is 9.47 Å². The third-order valence-electron chi connectivity index (χ3n) is 6.56. The summed E-state index contributed by atoms with van der Waals surface area (Å²) in [5.74, 6) is 0.604. The molecule has 2 aromatic rings. The summed E-state index contributed by atoms with van der Waals surface area (Å²) in [5.41, 5.74) is 1.52. The zero-order chi connectivity index (χ0) is 25.4. The average molecular weight is 488 g/mol. The molecular weight excluding hydrogens is 445 g/mol. The van der Waals surface area contributed by atoms with Gasteiger partial charge in [0, 0.05) is 39.4 Å². The van der Waals surface area contributed by atoms with Gasteiger partial charge >= 0.3 is 0 Å². The molecule has 1 atom stereocenters. The lowest BCUT2D eigenvalue weighted by Gasteiger charge is -2.24. The summed E-state index contributed by atoms with van der Waals surface area (Å²) >= 11 is 0. The number of benzene rings is 2. The number of amides is 1. The molecule has 7 heteroatoms. The van der Waals surface area contributed by atoms with Crippen molar-refractivity contribution in [1.82, 2.24) is 4.90 Å². The third kappa shape index (κ3) is 6.88. The maximum atomic E-state index is 15.1. The van der Waals surface area contributed by atoms with Gasteiger partial charge in [0.15, 0.2) is 0 Å². The predicted octanol–water partition coefficient (Wildman–Crippen LogP) is 5.85. The van der Waals surface area contributed by atoms with E-state index in [0.29, 0.717) is 47.7 Å². The SMILES string of the molecule is CCCCOc1ccc(C(=O)N(C)c2ccc(N3CCC(N(C)C)C3)c(F)c2)c(OCCCC)c1.[HH]. The van der Waals surface area contributed by atoms with Crippen molar-refractivity contribution in [2.75, 3.05) is 57.2 Å². The summed E-state index contributed by atoms with van der Waals surface area (Å²) < 4.78 is 26.9. The van der Waals surface area contributed by atoms with Gasteiger partial charge in [0.25, 0.3) is 5.91 Å². The Balaban J connectivity index is 0.00000456. The molecule has 0 radical (unpaired) electrons. The number of halogens is 1. The highest BCUT2D eigenvalue weighted by Gasteiger charge is 2.26. The fourth-order valence-electron chi connectivity index (χ4n) is 4.19. The van der Waals surface area contributed by atoms with Gasteiger partial charge in [-0.15, -0.1) is 0 Å². The van der Waals surface area contributed by atoms with E-state index in [0.717, 1.165) is 45.2 Å². The topological polar surface area (TPSA) is 45.2 Å². The lowest BCUT2D eigenvalue weighted by molar-refractivity contribution is 0.0989. The van der Waals surface area contributed by atoms with Crippen LogP contribution < -0.4 is 19.3 Å². The second-order valence-corrected chi connectivity index (χ2v) is 9.41. The largest absolute Gasteiger partial charge is 0.493 e. The summed E-state index contributed by atoms with van der Waals surface area (Å²) in [5, 5.41) is 0. The van der Waals surface area contributed by atoms with Crippen LogP contribution in [0.2, 0.25) is 0 Å². The molecule has 2 aromatic carbocycles. The maximum absolute atomic E-state index is 15.1. The van der Waals surface area contributed by atoms with Gasteiger partial charge in [-0.25, -0.2) is 4.39 Å². The highest BCUT2D eigenvalue weighted by molar-refractivity contribution is 6.07. The van der Waals surface area contributed by atoms with E-state index in [2.05, 4.69) is 37.7 Å². The molecule has 1 amide bonds. The molecule has 1 heterocycles. The Hall–Kier alpha value is -2.80. The van der Waals surface area contributed by atoms with Crippen LogP contribution in [0.4, 0.5) is 15.8 Å². The van der Waals surface area contributed by atoms with Crippen LogP contribution in [0.5, 0.6) is 11.5 Å². The minimum Gasteiger partial charge on any atom is -0.493 e. The number of anilines is 2. The van der Waals surface area contributed by atoms with Crippen molar-refractivity contribution in [2.45, 2.75) is 52.0 Å². The summed E-state index contributed by atoms with van der Waals surface area (Å²) in [6.07, 6.45) is 4.90. The predicted molar refractivity (Wildman–Crippen MR) is 143 cm³/mol. The summed E-state index contributed by atoms with van der Waals surface area (Å²) in [6.45, 7) is 6.96. The normalized spacial score (nSPS) is 15.5. The lowest BCUT2D eigenvalue weighted by atomic mass is 10.1. The number of hydrogen-bond acceptors (Lipinski definition) is 5. The van der Waals surface area contributed by atoms with Crippen molar-refractivity contribution in [3.8, 4) is 11.5 Å². The Morgan fingerprint density at radius 3 is 2.40 bits per heavy atom. The van der Waals surface area contributed by atoms with Crippen LogP contribution in [0.25, 0.3) is 0 Å².